The minimum atomic E-state index is -0.528. The molecule has 1 saturated heterocycles. The van der Waals surface area contributed by atoms with Gasteiger partial charge in [0.2, 0.25) is 5.91 Å². The van der Waals surface area contributed by atoms with Crippen LogP contribution >= 0.6 is 0 Å². The molecule has 0 aliphatic carbocycles. The monoisotopic (exact) mass is 303 g/mol. The topological polar surface area (TPSA) is 78.5 Å². The molecule has 0 aromatic heterocycles. The number of carbonyl (C=O) groups excluding carboxylic acids is 3. The molecule has 1 atom stereocenters. The quantitative estimate of drug-likeness (QED) is 0.815. The van der Waals surface area contributed by atoms with Crippen molar-refractivity contribution in [2.75, 3.05) is 11.9 Å². The fourth-order valence-electron chi connectivity index (χ4n) is 2.42. The van der Waals surface area contributed by atoms with Crippen LogP contribution in [0.4, 0.5) is 10.5 Å². The van der Waals surface area contributed by atoms with E-state index in [0.29, 0.717) is 12.1 Å². The SMILES string of the molecule is Cc1cccc(NC(=O)CN2C(=O)N[C@@H](CC(C)C)C2=O)c1. The van der Waals surface area contributed by atoms with Crippen molar-refractivity contribution in [1.82, 2.24) is 10.2 Å². The van der Waals surface area contributed by atoms with Crippen molar-refractivity contribution in [2.24, 2.45) is 5.92 Å². The van der Waals surface area contributed by atoms with Gasteiger partial charge >= 0.3 is 6.03 Å². The Balaban J connectivity index is 1.96. The van der Waals surface area contributed by atoms with Gasteiger partial charge in [-0.05, 0) is 37.0 Å². The molecule has 6 nitrogen and oxygen atoms in total. The smallest absolute Gasteiger partial charge is 0.325 e. The standard InChI is InChI=1S/C16H21N3O3/c1-10(2)7-13-15(21)19(16(22)18-13)9-14(20)17-12-6-4-5-11(3)8-12/h4-6,8,10,13H,7,9H2,1-3H3,(H,17,20)(H,18,22)/t13-/m0/s1. The van der Waals surface area contributed by atoms with Crippen LogP contribution in [0.25, 0.3) is 0 Å². The van der Waals surface area contributed by atoms with E-state index in [4.69, 9.17) is 0 Å². The summed E-state index contributed by atoms with van der Waals surface area (Å²) in [6, 6.07) is 6.30. The molecular formula is C16H21N3O3. The summed E-state index contributed by atoms with van der Waals surface area (Å²) in [5.74, 6) is -0.437. The number of amides is 4. The summed E-state index contributed by atoms with van der Waals surface area (Å²) in [6.45, 7) is 5.61. The molecule has 22 heavy (non-hydrogen) atoms. The fourth-order valence-corrected chi connectivity index (χ4v) is 2.42. The maximum Gasteiger partial charge on any atom is 0.325 e. The highest BCUT2D eigenvalue weighted by Crippen LogP contribution is 2.15. The number of nitrogens with zero attached hydrogens (tertiary/aromatic N) is 1. The zero-order valence-corrected chi connectivity index (χ0v) is 13.1. The molecule has 0 spiro atoms. The lowest BCUT2D eigenvalue weighted by Gasteiger charge is -2.14. The first kappa shape index (κ1) is 16.0. The van der Waals surface area contributed by atoms with Gasteiger partial charge in [0, 0.05) is 5.69 Å². The Labute approximate surface area is 129 Å². The van der Waals surface area contributed by atoms with E-state index in [-0.39, 0.29) is 24.3 Å². The number of hydrogen-bond donors (Lipinski definition) is 2. The molecule has 4 amide bonds. The first-order valence-corrected chi connectivity index (χ1v) is 7.35. The average molecular weight is 303 g/mol. The maximum atomic E-state index is 12.2. The Bertz CT molecular complexity index is 598. The molecule has 2 N–H and O–H groups in total. The third kappa shape index (κ3) is 3.84. The molecule has 118 valence electrons. The number of imide groups is 1. The van der Waals surface area contributed by atoms with E-state index < -0.39 is 12.1 Å². The van der Waals surface area contributed by atoms with E-state index in [1.54, 1.807) is 6.07 Å². The highest BCUT2D eigenvalue weighted by Gasteiger charge is 2.38. The van der Waals surface area contributed by atoms with Crippen molar-refractivity contribution in [3.63, 3.8) is 0 Å². The Kier molecular flexibility index (Phi) is 4.80. The van der Waals surface area contributed by atoms with Crippen LogP contribution in [0.3, 0.4) is 0 Å². The molecule has 1 aromatic carbocycles. The van der Waals surface area contributed by atoms with Crippen LogP contribution in [-0.2, 0) is 9.59 Å². The Morgan fingerprint density at radius 1 is 1.36 bits per heavy atom. The number of nitrogens with one attached hydrogen (secondary N) is 2. The van der Waals surface area contributed by atoms with Crippen LogP contribution in [0.2, 0.25) is 0 Å². The summed E-state index contributed by atoms with van der Waals surface area (Å²) in [4.78, 5) is 37.0. The fraction of sp³-hybridized carbons (Fsp3) is 0.438. The summed E-state index contributed by atoms with van der Waals surface area (Å²) in [6.07, 6.45) is 0.570. The zero-order valence-electron chi connectivity index (χ0n) is 13.1. The molecule has 1 fully saturated rings. The van der Waals surface area contributed by atoms with Gasteiger partial charge in [0.1, 0.15) is 12.6 Å². The van der Waals surface area contributed by atoms with Crippen LogP contribution in [0.15, 0.2) is 24.3 Å². The number of urea groups is 1. The summed E-state index contributed by atoms with van der Waals surface area (Å²) in [7, 11) is 0. The second kappa shape index (κ2) is 6.60. The van der Waals surface area contributed by atoms with E-state index in [0.717, 1.165) is 10.5 Å². The van der Waals surface area contributed by atoms with Crippen molar-refractivity contribution in [2.45, 2.75) is 33.2 Å². The maximum absolute atomic E-state index is 12.2. The van der Waals surface area contributed by atoms with Crippen molar-refractivity contribution in [1.29, 1.82) is 0 Å². The van der Waals surface area contributed by atoms with Crippen LogP contribution < -0.4 is 10.6 Å². The molecule has 0 saturated carbocycles. The minimum Gasteiger partial charge on any atom is -0.326 e. The van der Waals surface area contributed by atoms with Gasteiger partial charge < -0.3 is 10.6 Å². The summed E-state index contributed by atoms with van der Waals surface area (Å²) < 4.78 is 0. The number of rotatable bonds is 5. The van der Waals surface area contributed by atoms with Crippen molar-refractivity contribution in [3.8, 4) is 0 Å². The predicted molar refractivity (Wildman–Crippen MR) is 83.3 cm³/mol. The average Bonchev–Trinajstić information content (AvgIpc) is 2.66. The van der Waals surface area contributed by atoms with Gasteiger partial charge in [-0.2, -0.15) is 0 Å². The number of aryl methyl sites for hydroxylation is 1. The van der Waals surface area contributed by atoms with Crippen molar-refractivity contribution < 1.29 is 14.4 Å². The van der Waals surface area contributed by atoms with Crippen LogP contribution in [-0.4, -0.2) is 35.3 Å². The molecule has 1 aliphatic heterocycles. The van der Waals surface area contributed by atoms with Crippen LogP contribution in [0, 0.1) is 12.8 Å². The second-order valence-electron chi connectivity index (χ2n) is 5.97. The van der Waals surface area contributed by atoms with Gasteiger partial charge in [-0.3, -0.25) is 14.5 Å². The predicted octanol–water partition coefficient (Wildman–Crippen LogP) is 1.90. The Morgan fingerprint density at radius 2 is 2.09 bits per heavy atom. The highest BCUT2D eigenvalue weighted by molar-refractivity contribution is 6.07. The summed E-state index contributed by atoms with van der Waals surface area (Å²) >= 11 is 0. The largest absolute Gasteiger partial charge is 0.326 e. The first-order valence-electron chi connectivity index (χ1n) is 7.35. The summed E-state index contributed by atoms with van der Waals surface area (Å²) in [5.41, 5.74) is 1.67. The van der Waals surface area contributed by atoms with Gasteiger partial charge in [0.05, 0.1) is 0 Å². The molecule has 0 bridgehead atoms. The van der Waals surface area contributed by atoms with Gasteiger partial charge in [0.25, 0.3) is 5.91 Å². The van der Waals surface area contributed by atoms with Gasteiger partial charge in [-0.25, -0.2) is 4.79 Å². The molecule has 1 aliphatic rings. The number of carbonyl (C=O) groups is 3. The van der Waals surface area contributed by atoms with E-state index >= 15 is 0 Å². The third-order valence-corrected chi connectivity index (χ3v) is 3.42. The Morgan fingerprint density at radius 3 is 2.73 bits per heavy atom. The van der Waals surface area contributed by atoms with Crippen molar-refractivity contribution in [3.05, 3.63) is 29.8 Å². The van der Waals surface area contributed by atoms with Crippen LogP contribution in [0.1, 0.15) is 25.8 Å². The second-order valence-corrected chi connectivity index (χ2v) is 5.97. The van der Waals surface area contributed by atoms with E-state index in [9.17, 15) is 14.4 Å². The number of benzene rings is 1. The minimum absolute atomic E-state index is 0.271. The van der Waals surface area contributed by atoms with E-state index in [2.05, 4.69) is 10.6 Å². The van der Waals surface area contributed by atoms with Gasteiger partial charge in [0.15, 0.2) is 0 Å². The molecule has 0 unspecified atom stereocenters. The molecule has 1 aromatic rings. The molecule has 1 heterocycles. The number of hydrogen-bond acceptors (Lipinski definition) is 3. The highest BCUT2D eigenvalue weighted by atomic mass is 16.2. The lowest BCUT2D eigenvalue weighted by atomic mass is 10.0. The lowest BCUT2D eigenvalue weighted by Crippen LogP contribution is -2.38. The summed E-state index contributed by atoms with van der Waals surface area (Å²) in [5, 5.41) is 5.31. The number of anilines is 1. The lowest BCUT2D eigenvalue weighted by molar-refractivity contribution is -0.131. The third-order valence-electron chi connectivity index (χ3n) is 3.42. The molecule has 0 radical (unpaired) electrons. The molecule has 6 heteroatoms. The van der Waals surface area contributed by atoms with E-state index in [1.165, 1.54) is 0 Å². The zero-order chi connectivity index (χ0) is 16.3. The van der Waals surface area contributed by atoms with E-state index in [1.807, 2.05) is 39.0 Å². The van der Waals surface area contributed by atoms with Crippen LogP contribution in [0.5, 0.6) is 0 Å². The molecule has 2 rings (SSSR count). The Hall–Kier alpha value is -2.37. The normalized spacial score (nSPS) is 17.8. The van der Waals surface area contributed by atoms with Crippen molar-refractivity contribution >= 4 is 23.5 Å². The molecular weight excluding hydrogens is 282 g/mol. The van der Waals surface area contributed by atoms with Gasteiger partial charge in [-0.15, -0.1) is 0 Å². The first-order chi connectivity index (χ1) is 10.4. The van der Waals surface area contributed by atoms with Gasteiger partial charge in [-0.1, -0.05) is 26.0 Å².